The highest BCUT2D eigenvalue weighted by Crippen LogP contribution is 2.23. The van der Waals surface area contributed by atoms with Crippen LogP contribution in [0.4, 0.5) is 4.79 Å². The molecule has 23 heavy (non-hydrogen) atoms. The third kappa shape index (κ3) is 4.35. The maximum atomic E-state index is 12.1. The Hall–Kier alpha value is -2.76. The maximum absolute atomic E-state index is 12.1. The lowest BCUT2D eigenvalue weighted by Crippen LogP contribution is -2.46. The minimum Gasteiger partial charge on any atom is -0.333 e. The van der Waals surface area contributed by atoms with Crippen LogP contribution in [0.25, 0.3) is 5.57 Å². The first-order valence-electron chi connectivity index (χ1n) is 7.37. The second kappa shape index (κ2) is 6.56. The molecular weight excluding hydrogens is 292 g/mol. The number of aromatic nitrogens is 2. The number of H-pyrrole nitrogens is 2. The molecule has 0 aliphatic heterocycles. The average molecular weight is 314 g/mol. The normalized spacial score (nSPS) is 11.1. The summed E-state index contributed by atoms with van der Waals surface area (Å²) in [5, 5.41) is 10.8. The molecule has 0 aliphatic carbocycles. The van der Waals surface area contributed by atoms with Gasteiger partial charge in [-0.1, -0.05) is 30.4 Å². The second-order valence-corrected chi connectivity index (χ2v) is 6.08. The third-order valence-electron chi connectivity index (χ3n) is 3.59. The lowest BCUT2D eigenvalue weighted by atomic mass is 9.92. The second-order valence-electron chi connectivity index (χ2n) is 6.08. The van der Waals surface area contributed by atoms with Crippen molar-refractivity contribution < 1.29 is 4.79 Å². The SMILES string of the molecule is C=C(C)c1cccc(C(C)(C)NC(=O)NCc2cc(=O)[nH][nH]2)c1. The number of carbonyl (C=O) groups excluding carboxylic acids is 1. The zero-order chi connectivity index (χ0) is 17.0. The van der Waals surface area contributed by atoms with Crippen LogP contribution in [0.15, 0.2) is 41.7 Å². The zero-order valence-corrected chi connectivity index (χ0v) is 13.6. The standard InChI is InChI=1S/C17H22N4O2/c1-11(2)12-6-5-7-13(8-12)17(3,4)19-16(23)18-10-14-9-15(22)21-20-14/h5-9H,1,10H2,2-4H3,(H2,18,19,23)(H2,20,21,22). The van der Waals surface area contributed by atoms with E-state index in [0.29, 0.717) is 5.69 Å². The van der Waals surface area contributed by atoms with Gasteiger partial charge in [-0.25, -0.2) is 4.79 Å². The van der Waals surface area contributed by atoms with Crippen molar-refractivity contribution in [3.05, 3.63) is 64.1 Å². The highest BCUT2D eigenvalue weighted by atomic mass is 16.2. The van der Waals surface area contributed by atoms with Gasteiger partial charge in [0.05, 0.1) is 17.8 Å². The Labute approximate surface area is 135 Å². The van der Waals surface area contributed by atoms with Crippen molar-refractivity contribution in [2.24, 2.45) is 0 Å². The molecule has 122 valence electrons. The molecule has 0 unspecified atom stereocenters. The van der Waals surface area contributed by atoms with E-state index in [-0.39, 0.29) is 18.1 Å². The van der Waals surface area contributed by atoms with Crippen LogP contribution in [-0.2, 0) is 12.1 Å². The first kappa shape index (κ1) is 16.6. The van der Waals surface area contributed by atoms with Crippen LogP contribution in [0.2, 0.25) is 0 Å². The molecule has 6 heteroatoms. The van der Waals surface area contributed by atoms with Gasteiger partial charge in [0.1, 0.15) is 0 Å². The molecule has 2 amide bonds. The van der Waals surface area contributed by atoms with Gasteiger partial charge in [-0.15, -0.1) is 0 Å². The number of hydrogen-bond acceptors (Lipinski definition) is 2. The summed E-state index contributed by atoms with van der Waals surface area (Å²) in [5.41, 5.74) is 2.86. The maximum Gasteiger partial charge on any atom is 0.315 e. The predicted molar refractivity (Wildman–Crippen MR) is 91.0 cm³/mol. The van der Waals surface area contributed by atoms with Gasteiger partial charge in [0.2, 0.25) is 0 Å². The molecule has 1 aromatic carbocycles. The Morgan fingerprint density at radius 1 is 1.26 bits per heavy atom. The quantitative estimate of drug-likeness (QED) is 0.683. The van der Waals surface area contributed by atoms with Gasteiger partial charge < -0.3 is 15.7 Å². The van der Waals surface area contributed by atoms with Gasteiger partial charge in [-0.2, -0.15) is 0 Å². The number of urea groups is 1. The van der Waals surface area contributed by atoms with Crippen LogP contribution >= 0.6 is 0 Å². The van der Waals surface area contributed by atoms with E-state index in [4.69, 9.17) is 0 Å². The highest BCUT2D eigenvalue weighted by Gasteiger charge is 2.23. The van der Waals surface area contributed by atoms with Crippen molar-refractivity contribution in [3.8, 4) is 0 Å². The van der Waals surface area contributed by atoms with Crippen LogP contribution < -0.4 is 16.2 Å². The number of benzene rings is 1. The number of hydrogen-bond donors (Lipinski definition) is 4. The summed E-state index contributed by atoms with van der Waals surface area (Å²) in [6.45, 7) is 10.00. The highest BCUT2D eigenvalue weighted by molar-refractivity contribution is 5.75. The fraction of sp³-hybridized carbons (Fsp3) is 0.294. The lowest BCUT2D eigenvalue weighted by molar-refractivity contribution is 0.229. The van der Waals surface area contributed by atoms with Crippen molar-refractivity contribution in [1.82, 2.24) is 20.8 Å². The molecule has 0 spiro atoms. The number of rotatable bonds is 5. The van der Waals surface area contributed by atoms with Gasteiger partial charge in [0, 0.05) is 6.07 Å². The van der Waals surface area contributed by atoms with Crippen molar-refractivity contribution >= 4 is 11.6 Å². The van der Waals surface area contributed by atoms with E-state index < -0.39 is 5.54 Å². The topological polar surface area (TPSA) is 89.8 Å². The summed E-state index contributed by atoms with van der Waals surface area (Å²) in [6, 6.07) is 9.03. The van der Waals surface area contributed by atoms with Crippen molar-refractivity contribution in [1.29, 1.82) is 0 Å². The third-order valence-corrected chi connectivity index (χ3v) is 3.59. The molecule has 0 saturated heterocycles. The summed E-state index contributed by atoms with van der Waals surface area (Å²) in [7, 11) is 0. The smallest absolute Gasteiger partial charge is 0.315 e. The van der Waals surface area contributed by atoms with Crippen LogP contribution in [0.1, 0.15) is 37.6 Å². The van der Waals surface area contributed by atoms with Crippen LogP contribution in [0.3, 0.4) is 0 Å². The summed E-state index contributed by atoms with van der Waals surface area (Å²) in [5.74, 6) is 0. The molecule has 0 aliphatic rings. The summed E-state index contributed by atoms with van der Waals surface area (Å²) < 4.78 is 0. The van der Waals surface area contributed by atoms with E-state index >= 15 is 0 Å². The Balaban J connectivity index is 2.02. The van der Waals surface area contributed by atoms with E-state index in [0.717, 1.165) is 16.7 Å². The van der Waals surface area contributed by atoms with Crippen LogP contribution in [-0.4, -0.2) is 16.2 Å². The minimum atomic E-state index is -0.541. The van der Waals surface area contributed by atoms with E-state index in [9.17, 15) is 9.59 Å². The average Bonchev–Trinajstić information content (AvgIpc) is 2.90. The zero-order valence-electron chi connectivity index (χ0n) is 13.6. The number of carbonyl (C=O) groups is 1. The first-order chi connectivity index (χ1) is 10.8. The molecular formula is C17H22N4O2. The van der Waals surface area contributed by atoms with Crippen LogP contribution in [0, 0.1) is 0 Å². The molecule has 2 rings (SSSR count). The van der Waals surface area contributed by atoms with Gasteiger partial charge in [0.15, 0.2) is 0 Å². The molecule has 0 bridgehead atoms. The van der Waals surface area contributed by atoms with Gasteiger partial charge >= 0.3 is 6.03 Å². The Morgan fingerprint density at radius 2 is 2.00 bits per heavy atom. The van der Waals surface area contributed by atoms with Gasteiger partial charge in [0.25, 0.3) is 5.56 Å². The van der Waals surface area contributed by atoms with E-state index in [1.165, 1.54) is 6.07 Å². The van der Waals surface area contributed by atoms with E-state index in [1.54, 1.807) is 0 Å². The number of aromatic amines is 2. The molecule has 1 aromatic heterocycles. The largest absolute Gasteiger partial charge is 0.333 e. The van der Waals surface area contributed by atoms with Crippen molar-refractivity contribution in [3.63, 3.8) is 0 Å². The summed E-state index contributed by atoms with van der Waals surface area (Å²) in [4.78, 5) is 23.1. The molecule has 2 aromatic rings. The van der Waals surface area contributed by atoms with Gasteiger partial charge in [-0.3, -0.25) is 9.89 Å². The Bertz CT molecular complexity index is 771. The molecule has 4 N–H and O–H groups in total. The number of allylic oxidation sites excluding steroid dienone is 1. The van der Waals surface area contributed by atoms with E-state index in [1.807, 2.05) is 45.0 Å². The molecule has 0 radical (unpaired) electrons. The number of nitrogens with one attached hydrogen (secondary N) is 4. The fourth-order valence-electron chi connectivity index (χ4n) is 2.22. The molecule has 0 saturated carbocycles. The lowest BCUT2D eigenvalue weighted by Gasteiger charge is -2.27. The monoisotopic (exact) mass is 314 g/mol. The molecule has 0 atom stereocenters. The van der Waals surface area contributed by atoms with Crippen LogP contribution in [0.5, 0.6) is 0 Å². The Kier molecular flexibility index (Phi) is 4.74. The van der Waals surface area contributed by atoms with Gasteiger partial charge in [-0.05, 0) is 38.0 Å². The number of amides is 2. The minimum absolute atomic E-state index is 0.223. The van der Waals surface area contributed by atoms with E-state index in [2.05, 4.69) is 27.4 Å². The molecule has 1 heterocycles. The summed E-state index contributed by atoms with van der Waals surface area (Å²) >= 11 is 0. The van der Waals surface area contributed by atoms with Crippen molar-refractivity contribution in [2.45, 2.75) is 32.9 Å². The molecule has 6 nitrogen and oxygen atoms in total. The Morgan fingerprint density at radius 3 is 2.61 bits per heavy atom. The first-order valence-corrected chi connectivity index (χ1v) is 7.37. The molecule has 0 fully saturated rings. The van der Waals surface area contributed by atoms with Crippen molar-refractivity contribution in [2.75, 3.05) is 0 Å². The summed E-state index contributed by atoms with van der Waals surface area (Å²) in [6.07, 6.45) is 0. The fourth-order valence-corrected chi connectivity index (χ4v) is 2.22. The predicted octanol–water partition coefficient (Wildman–Crippen LogP) is 2.47.